The van der Waals surface area contributed by atoms with E-state index in [4.69, 9.17) is 5.11 Å². The van der Waals surface area contributed by atoms with Crippen LogP contribution in [0.25, 0.3) is 0 Å². The maximum Gasteiger partial charge on any atom is 0.287 e. The first-order chi connectivity index (χ1) is 7.72. The van der Waals surface area contributed by atoms with Crippen molar-refractivity contribution in [3.63, 3.8) is 0 Å². The Bertz CT molecular complexity index is 594. The molecule has 0 saturated carbocycles. The highest BCUT2D eigenvalue weighted by Gasteiger charge is 2.17. The van der Waals surface area contributed by atoms with Crippen molar-refractivity contribution in [2.75, 3.05) is 0 Å². The van der Waals surface area contributed by atoms with Gasteiger partial charge in [0.25, 0.3) is 10.2 Å². The Labute approximate surface area is 99.5 Å². The van der Waals surface area contributed by atoms with E-state index in [9.17, 15) is 16.8 Å². The van der Waals surface area contributed by atoms with E-state index in [1.807, 2.05) is 0 Å². The molecule has 1 aromatic rings. The molecule has 0 aliphatic heterocycles. The Morgan fingerprint density at radius 1 is 1.18 bits per heavy atom. The second kappa shape index (κ2) is 5.10. The molecule has 17 heavy (non-hydrogen) atoms. The van der Waals surface area contributed by atoms with Crippen LogP contribution in [0.5, 0.6) is 0 Å². The van der Waals surface area contributed by atoms with Gasteiger partial charge in [-0.1, -0.05) is 28.4 Å². The fourth-order valence-electron chi connectivity index (χ4n) is 1.24. The third-order valence-electron chi connectivity index (χ3n) is 1.77. The maximum absolute atomic E-state index is 11.4. The van der Waals surface area contributed by atoms with Crippen molar-refractivity contribution in [1.82, 2.24) is 4.13 Å². The molecular weight excluding hydrogens is 268 g/mol. The minimum atomic E-state index is -4.30. The van der Waals surface area contributed by atoms with Gasteiger partial charge in [0.15, 0.2) is 0 Å². The molecule has 9 heteroatoms. The molecule has 4 N–H and O–H groups in total. The molecule has 0 spiro atoms. The highest BCUT2D eigenvalue weighted by molar-refractivity contribution is 8.03. The van der Waals surface area contributed by atoms with Crippen LogP contribution in [-0.2, 0) is 32.6 Å². The predicted octanol–water partition coefficient (Wildman–Crippen LogP) is -1.20. The molecule has 0 fully saturated rings. The fraction of sp³-hybridized carbons (Fsp3) is 0.250. The third-order valence-corrected chi connectivity index (χ3v) is 4.43. The number of nitrogens with two attached hydrogens (primary N) is 1. The van der Waals surface area contributed by atoms with Crippen molar-refractivity contribution in [3.8, 4) is 0 Å². The van der Waals surface area contributed by atoms with Crippen molar-refractivity contribution < 1.29 is 21.9 Å². The molecule has 7 nitrogen and oxygen atoms in total. The van der Waals surface area contributed by atoms with Gasteiger partial charge in [-0.25, -0.2) is 13.6 Å². The number of aliphatic hydroxyl groups excluding tert-OH is 1. The van der Waals surface area contributed by atoms with E-state index in [1.54, 1.807) is 12.1 Å². The first kappa shape index (κ1) is 14.1. The molecule has 0 atom stereocenters. The zero-order valence-electron chi connectivity index (χ0n) is 8.70. The summed E-state index contributed by atoms with van der Waals surface area (Å²) in [6.07, 6.45) is 0. The number of aliphatic hydroxyl groups is 1. The highest BCUT2D eigenvalue weighted by Crippen LogP contribution is 2.08. The quantitative estimate of drug-likeness (QED) is 0.624. The highest BCUT2D eigenvalue weighted by atomic mass is 32.3. The summed E-state index contributed by atoms with van der Waals surface area (Å²) < 4.78 is 45.3. The number of benzene rings is 1. The lowest BCUT2D eigenvalue weighted by Crippen LogP contribution is -2.36. The van der Waals surface area contributed by atoms with Crippen LogP contribution in [0.4, 0.5) is 0 Å². The summed E-state index contributed by atoms with van der Waals surface area (Å²) in [6, 6.07) is 6.14. The van der Waals surface area contributed by atoms with Gasteiger partial charge in [-0.2, -0.15) is 8.42 Å². The van der Waals surface area contributed by atoms with Gasteiger partial charge in [0.1, 0.15) is 0 Å². The molecule has 0 aliphatic carbocycles. The number of nitrogens with one attached hydrogen (secondary N) is 1. The van der Waals surface area contributed by atoms with Crippen LogP contribution in [-0.4, -0.2) is 21.9 Å². The topological polar surface area (TPSA) is 127 Å². The Hall–Kier alpha value is -1.00. The van der Waals surface area contributed by atoms with Gasteiger partial charge >= 0.3 is 0 Å². The summed E-state index contributed by atoms with van der Waals surface area (Å²) >= 11 is 0. The molecule has 0 amide bonds. The van der Waals surface area contributed by atoms with E-state index in [0.29, 0.717) is 11.1 Å². The summed E-state index contributed by atoms with van der Waals surface area (Å²) in [7, 11) is -8.37. The van der Waals surface area contributed by atoms with Crippen molar-refractivity contribution in [1.29, 1.82) is 0 Å². The lowest BCUT2D eigenvalue weighted by molar-refractivity contribution is 0.282. The standard InChI is InChI=1S/C8H12N2O5S2/c9-17(14,15)10-16(12,13)6-8-3-1-2-7(4-8)5-11/h1-4,10-11H,5-6H2,(H2,9,14,15). The predicted molar refractivity (Wildman–Crippen MR) is 61.2 cm³/mol. The summed E-state index contributed by atoms with van der Waals surface area (Å²) in [5.41, 5.74) is 0.890. The van der Waals surface area contributed by atoms with Crippen molar-refractivity contribution in [2.45, 2.75) is 12.4 Å². The molecule has 0 saturated heterocycles. The van der Waals surface area contributed by atoms with Gasteiger partial charge < -0.3 is 5.11 Å². The molecule has 0 aromatic heterocycles. The van der Waals surface area contributed by atoms with Gasteiger partial charge in [0.2, 0.25) is 10.0 Å². The minimum absolute atomic E-state index is 0.226. The number of sulfonamides is 1. The molecule has 0 heterocycles. The van der Waals surface area contributed by atoms with E-state index in [-0.39, 0.29) is 6.61 Å². The van der Waals surface area contributed by atoms with Crippen molar-refractivity contribution in [2.24, 2.45) is 5.14 Å². The van der Waals surface area contributed by atoms with Gasteiger partial charge in [0, 0.05) is 0 Å². The SMILES string of the molecule is NS(=O)(=O)NS(=O)(=O)Cc1cccc(CO)c1. The van der Waals surface area contributed by atoms with Crippen LogP contribution in [0, 0.1) is 0 Å². The van der Waals surface area contributed by atoms with E-state index in [0.717, 1.165) is 0 Å². The van der Waals surface area contributed by atoms with Gasteiger partial charge in [-0.3, -0.25) is 0 Å². The summed E-state index contributed by atoms with van der Waals surface area (Å²) in [4.78, 5) is 0. The first-order valence-electron chi connectivity index (χ1n) is 4.44. The summed E-state index contributed by atoms with van der Waals surface area (Å²) in [5, 5.41) is 13.4. The monoisotopic (exact) mass is 280 g/mol. The van der Waals surface area contributed by atoms with E-state index < -0.39 is 26.0 Å². The lowest BCUT2D eigenvalue weighted by atomic mass is 10.1. The molecular formula is C8H12N2O5S2. The smallest absolute Gasteiger partial charge is 0.287 e. The summed E-state index contributed by atoms with van der Waals surface area (Å²) in [5.74, 6) is -0.530. The molecule has 96 valence electrons. The van der Waals surface area contributed by atoms with Gasteiger partial charge in [-0.15, -0.1) is 0 Å². The largest absolute Gasteiger partial charge is 0.392 e. The molecule has 0 radical (unpaired) electrons. The Balaban J connectivity index is 2.90. The Kier molecular flexibility index (Phi) is 4.22. The van der Waals surface area contributed by atoms with Crippen LogP contribution < -0.4 is 9.27 Å². The normalized spacial score (nSPS) is 12.6. The second-order valence-electron chi connectivity index (χ2n) is 3.37. The maximum atomic E-state index is 11.4. The van der Waals surface area contributed by atoms with E-state index in [1.165, 1.54) is 16.3 Å². The molecule has 0 aliphatic rings. The third kappa shape index (κ3) is 5.24. The van der Waals surface area contributed by atoms with Crippen LogP contribution >= 0.6 is 0 Å². The average molecular weight is 280 g/mol. The number of hydrogen-bond acceptors (Lipinski definition) is 5. The molecule has 1 rings (SSSR count). The van der Waals surface area contributed by atoms with Crippen LogP contribution in [0.15, 0.2) is 24.3 Å². The molecule has 1 aromatic carbocycles. The van der Waals surface area contributed by atoms with Crippen LogP contribution in [0.3, 0.4) is 0 Å². The van der Waals surface area contributed by atoms with Gasteiger partial charge in [-0.05, 0) is 11.1 Å². The zero-order valence-corrected chi connectivity index (χ0v) is 10.3. The van der Waals surface area contributed by atoms with Gasteiger partial charge in [0.05, 0.1) is 12.4 Å². The van der Waals surface area contributed by atoms with Crippen LogP contribution in [0.2, 0.25) is 0 Å². The zero-order chi connectivity index (χ0) is 13.1. The number of rotatable bonds is 5. The molecule has 0 unspecified atom stereocenters. The van der Waals surface area contributed by atoms with Crippen LogP contribution in [0.1, 0.15) is 11.1 Å². The summed E-state index contributed by atoms with van der Waals surface area (Å²) in [6.45, 7) is -0.226. The molecule has 0 bridgehead atoms. The average Bonchev–Trinajstić information content (AvgIpc) is 2.13. The first-order valence-corrected chi connectivity index (χ1v) is 7.64. The Morgan fingerprint density at radius 2 is 1.76 bits per heavy atom. The Morgan fingerprint density at radius 3 is 2.29 bits per heavy atom. The lowest BCUT2D eigenvalue weighted by Gasteiger charge is -2.05. The second-order valence-corrected chi connectivity index (χ2v) is 6.64. The van der Waals surface area contributed by atoms with E-state index in [2.05, 4.69) is 5.14 Å². The number of hydrogen-bond donors (Lipinski definition) is 3. The minimum Gasteiger partial charge on any atom is -0.392 e. The van der Waals surface area contributed by atoms with Crippen molar-refractivity contribution >= 4 is 20.2 Å². The fourth-order valence-corrected chi connectivity index (χ4v) is 3.51. The van der Waals surface area contributed by atoms with Crippen molar-refractivity contribution in [3.05, 3.63) is 35.4 Å². The van der Waals surface area contributed by atoms with E-state index >= 15 is 0 Å².